The average molecular weight is 213 g/mol. The summed E-state index contributed by atoms with van der Waals surface area (Å²) in [7, 11) is 0. The summed E-state index contributed by atoms with van der Waals surface area (Å²) >= 11 is 0. The van der Waals surface area contributed by atoms with Gasteiger partial charge in [0, 0.05) is 25.9 Å². The van der Waals surface area contributed by atoms with Gasteiger partial charge in [-0.05, 0) is 5.92 Å². The van der Waals surface area contributed by atoms with Crippen LogP contribution in [-0.4, -0.2) is 35.7 Å². The van der Waals surface area contributed by atoms with Gasteiger partial charge in [-0.1, -0.05) is 13.8 Å². The van der Waals surface area contributed by atoms with Crippen LogP contribution in [0.3, 0.4) is 0 Å². The van der Waals surface area contributed by atoms with E-state index in [-0.39, 0.29) is 23.7 Å². The van der Waals surface area contributed by atoms with Crippen LogP contribution in [0.4, 0.5) is 0 Å². The van der Waals surface area contributed by atoms with E-state index >= 15 is 0 Å². The Labute approximate surface area is 90.0 Å². The zero-order chi connectivity index (χ0) is 11.4. The highest BCUT2D eigenvalue weighted by Crippen LogP contribution is 2.16. The number of likely N-dealkylation sites (tertiary alicyclic amines) is 1. The molecule has 0 saturated carbocycles. The molecule has 1 saturated heterocycles. The lowest BCUT2D eigenvalue weighted by atomic mass is 9.98. The fourth-order valence-corrected chi connectivity index (χ4v) is 2.03. The van der Waals surface area contributed by atoms with Gasteiger partial charge >= 0.3 is 0 Å². The van der Waals surface area contributed by atoms with Gasteiger partial charge in [-0.2, -0.15) is 0 Å². The van der Waals surface area contributed by atoms with E-state index in [9.17, 15) is 9.59 Å². The second kappa shape index (κ2) is 5.23. The number of ketones is 1. The van der Waals surface area contributed by atoms with Crippen LogP contribution in [0.15, 0.2) is 0 Å². The Bertz CT molecular complexity index is 243. The molecule has 3 N–H and O–H groups in total. The van der Waals surface area contributed by atoms with Crippen molar-refractivity contribution in [1.29, 1.82) is 0 Å². The maximum absolute atomic E-state index is 11.6. The van der Waals surface area contributed by atoms with Crippen LogP contribution in [0, 0.1) is 5.92 Å². The topological polar surface area (TPSA) is 75.4 Å². The Balaban J connectivity index is 2.64. The van der Waals surface area contributed by atoms with Crippen LogP contribution < -0.4 is 11.3 Å². The fourth-order valence-electron chi connectivity index (χ4n) is 2.03. The van der Waals surface area contributed by atoms with Crippen molar-refractivity contribution in [3.05, 3.63) is 0 Å². The minimum Gasteiger partial charge on any atom is -0.300 e. The van der Waals surface area contributed by atoms with Gasteiger partial charge in [-0.15, -0.1) is 0 Å². The van der Waals surface area contributed by atoms with E-state index in [0.29, 0.717) is 25.9 Å². The zero-order valence-electron chi connectivity index (χ0n) is 9.32. The normalized spacial score (nSPS) is 20.4. The molecular weight excluding hydrogens is 194 g/mol. The molecule has 0 aromatic carbocycles. The highest BCUT2D eigenvalue weighted by molar-refractivity contribution is 5.83. The summed E-state index contributed by atoms with van der Waals surface area (Å²) in [5.74, 6) is 5.46. The Morgan fingerprint density at radius 1 is 1.40 bits per heavy atom. The lowest BCUT2D eigenvalue weighted by molar-refractivity contribution is -0.131. The second-order valence-electron chi connectivity index (χ2n) is 4.27. The highest BCUT2D eigenvalue weighted by atomic mass is 16.2. The van der Waals surface area contributed by atoms with E-state index in [2.05, 4.69) is 5.43 Å². The number of rotatable bonds is 3. The van der Waals surface area contributed by atoms with Crippen molar-refractivity contribution in [2.45, 2.75) is 32.7 Å². The number of carbonyl (C=O) groups excluding carboxylic acids is 2. The minimum absolute atomic E-state index is 0.167. The van der Waals surface area contributed by atoms with Gasteiger partial charge in [-0.25, -0.2) is 5.84 Å². The molecule has 15 heavy (non-hydrogen) atoms. The lowest BCUT2D eigenvalue weighted by Crippen LogP contribution is -2.53. The summed E-state index contributed by atoms with van der Waals surface area (Å²) in [4.78, 5) is 24.7. The molecule has 0 aromatic rings. The molecule has 0 aromatic heterocycles. The third-order valence-electron chi connectivity index (χ3n) is 2.79. The molecule has 1 unspecified atom stereocenters. The number of nitrogens with zero attached hydrogens (tertiary/aromatic N) is 1. The Kier molecular flexibility index (Phi) is 4.23. The lowest BCUT2D eigenvalue weighted by Gasteiger charge is -2.34. The predicted octanol–water partition coefficient (Wildman–Crippen LogP) is -0.334. The standard InChI is InChI=1S/C10H19N3O2/c1-7(2)9(10(15)12-11)13-5-3-8(14)4-6-13/h7,9H,3-6,11H2,1-2H3,(H,12,15). The van der Waals surface area contributed by atoms with Crippen molar-refractivity contribution in [3.8, 4) is 0 Å². The number of amides is 1. The van der Waals surface area contributed by atoms with E-state index < -0.39 is 0 Å². The van der Waals surface area contributed by atoms with Crippen molar-refractivity contribution in [3.63, 3.8) is 0 Å². The zero-order valence-corrected chi connectivity index (χ0v) is 9.32. The molecule has 86 valence electrons. The Morgan fingerprint density at radius 2 is 1.93 bits per heavy atom. The number of carbonyl (C=O) groups is 2. The van der Waals surface area contributed by atoms with E-state index in [0.717, 1.165) is 0 Å². The van der Waals surface area contributed by atoms with Gasteiger partial charge in [-0.3, -0.25) is 19.9 Å². The SMILES string of the molecule is CC(C)C(C(=O)NN)N1CCC(=O)CC1. The van der Waals surface area contributed by atoms with Crippen molar-refractivity contribution < 1.29 is 9.59 Å². The van der Waals surface area contributed by atoms with E-state index in [1.807, 2.05) is 18.7 Å². The molecule has 1 aliphatic heterocycles. The number of hydrazine groups is 1. The van der Waals surface area contributed by atoms with Crippen LogP contribution in [0.25, 0.3) is 0 Å². The first-order chi connectivity index (χ1) is 7.06. The first-order valence-electron chi connectivity index (χ1n) is 5.32. The molecule has 5 heteroatoms. The summed E-state index contributed by atoms with van der Waals surface area (Å²) in [5, 5.41) is 0. The third kappa shape index (κ3) is 3.00. The maximum Gasteiger partial charge on any atom is 0.251 e. The molecule has 1 aliphatic rings. The maximum atomic E-state index is 11.6. The molecule has 1 amide bonds. The summed E-state index contributed by atoms with van der Waals surface area (Å²) in [6, 6.07) is -0.219. The molecule has 1 heterocycles. The first kappa shape index (κ1) is 12.1. The molecule has 5 nitrogen and oxygen atoms in total. The van der Waals surface area contributed by atoms with E-state index in [1.165, 1.54) is 0 Å². The van der Waals surface area contributed by atoms with Gasteiger partial charge in [0.25, 0.3) is 5.91 Å². The monoisotopic (exact) mass is 213 g/mol. The second-order valence-corrected chi connectivity index (χ2v) is 4.27. The van der Waals surface area contributed by atoms with Gasteiger partial charge in [0.1, 0.15) is 5.78 Å². The number of piperidine rings is 1. The summed E-state index contributed by atoms with van der Waals surface area (Å²) < 4.78 is 0. The Morgan fingerprint density at radius 3 is 2.33 bits per heavy atom. The van der Waals surface area contributed by atoms with Crippen LogP contribution in [-0.2, 0) is 9.59 Å². The van der Waals surface area contributed by atoms with Crippen LogP contribution in [0.1, 0.15) is 26.7 Å². The average Bonchev–Trinajstić information content (AvgIpc) is 2.20. The number of hydrogen-bond acceptors (Lipinski definition) is 4. The third-order valence-corrected chi connectivity index (χ3v) is 2.79. The number of Topliss-reactive ketones (excluding diaryl/α,β-unsaturated/α-hetero) is 1. The van der Waals surface area contributed by atoms with Gasteiger partial charge in [0.2, 0.25) is 0 Å². The minimum atomic E-state index is -0.219. The molecule has 0 spiro atoms. The largest absolute Gasteiger partial charge is 0.300 e. The van der Waals surface area contributed by atoms with Crippen molar-refractivity contribution >= 4 is 11.7 Å². The molecule has 1 atom stereocenters. The summed E-state index contributed by atoms with van der Waals surface area (Å²) in [6.07, 6.45) is 1.09. The molecule has 1 fully saturated rings. The number of nitrogens with one attached hydrogen (secondary N) is 1. The molecule has 0 radical (unpaired) electrons. The molecule has 0 aliphatic carbocycles. The van der Waals surface area contributed by atoms with Crippen LogP contribution in [0.5, 0.6) is 0 Å². The Hall–Kier alpha value is -0.940. The van der Waals surface area contributed by atoms with Gasteiger partial charge in [0.15, 0.2) is 0 Å². The van der Waals surface area contributed by atoms with E-state index in [4.69, 9.17) is 5.84 Å². The summed E-state index contributed by atoms with van der Waals surface area (Å²) in [5.41, 5.74) is 2.19. The molecular formula is C10H19N3O2. The van der Waals surface area contributed by atoms with Crippen molar-refractivity contribution in [2.24, 2.45) is 11.8 Å². The quantitative estimate of drug-likeness (QED) is 0.382. The van der Waals surface area contributed by atoms with Crippen LogP contribution >= 0.6 is 0 Å². The fraction of sp³-hybridized carbons (Fsp3) is 0.800. The van der Waals surface area contributed by atoms with Gasteiger partial charge < -0.3 is 0 Å². The van der Waals surface area contributed by atoms with Crippen molar-refractivity contribution in [1.82, 2.24) is 10.3 Å². The number of hydrogen-bond donors (Lipinski definition) is 2. The van der Waals surface area contributed by atoms with Crippen LogP contribution in [0.2, 0.25) is 0 Å². The summed E-state index contributed by atoms with van der Waals surface area (Å²) in [6.45, 7) is 5.29. The first-order valence-corrected chi connectivity index (χ1v) is 5.32. The predicted molar refractivity (Wildman–Crippen MR) is 56.8 cm³/mol. The molecule has 1 rings (SSSR count). The van der Waals surface area contributed by atoms with Crippen molar-refractivity contribution in [2.75, 3.05) is 13.1 Å². The van der Waals surface area contributed by atoms with Gasteiger partial charge in [0.05, 0.1) is 6.04 Å². The van der Waals surface area contributed by atoms with E-state index in [1.54, 1.807) is 0 Å². The smallest absolute Gasteiger partial charge is 0.251 e. The number of nitrogens with two attached hydrogens (primary N) is 1. The molecule has 0 bridgehead atoms. The highest BCUT2D eigenvalue weighted by Gasteiger charge is 2.30.